The topological polar surface area (TPSA) is 83.3 Å². The maximum absolute atomic E-state index is 5.81. The Bertz CT molecular complexity index is 906. The van der Waals surface area contributed by atoms with Gasteiger partial charge in [0.2, 0.25) is 11.7 Å². The van der Waals surface area contributed by atoms with Gasteiger partial charge in [0.05, 0.1) is 6.54 Å². The second-order valence-corrected chi connectivity index (χ2v) is 7.39. The number of hydrogen-bond donors (Lipinski definition) is 1. The van der Waals surface area contributed by atoms with Crippen molar-refractivity contribution >= 4 is 5.82 Å². The monoisotopic (exact) mass is 382 g/mol. The highest BCUT2D eigenvalue weighted by atomic mass is 16.5. The first-order chi connectivity index (χ1) is 13.5. The molecule has 1 saturated heterocycles. The van der Waals surface area contributed by atoms with E-state index in [9.17, 15) is 0 Å². The molecule has 0 saturated carbocycles. The van der Waals surface area contributed by atoms with Crippen molar-refractivity contribution in [3.63, 3.8) is 0 Å². The fourth-order valence-corrected chi connectivity index (χ4v) is 3.47. The highest BCUT2D eigenvalue weighted by Gasteiger charge is 2.20. The largest absolute Gasteiger partial charge is 0.485 e. The van der Waals surface area contributed by atoms with Gasteiger partial charge in [-0.2, -0.15) is 10.1 Å². The Hall–Kier alpha value is -2.87. The van der Waals surface area contributed by atoms with Crippen molar-refractivity contribution < 1.29 is 9.26 Å². The summed E-state index contributed by atoms with van der Waals surface area (Å²) >= 11 is 0. The average molecular weight is 382 g/mol. The summed E-state index contributed by atoms with van der Waals surface area (Å²) in [7, 11) is 0. The molecule has 2 aromatic heterocycles. The zero-order valence-electron chi connectivity index (χ0n) is 16.6. The van der Waals surface area contributed by atoms with Crippen LogP contribution in [0.2, 0.25) is 0 Å². The minimum Gasteiger partial charge on any atom is -0.485 e. The van der Waals surface area contributed by atoms with Crippen LogP contribution >= 0.6 is 0 Å². The predicted molar refractivity (Wildman–Crippen MR) is 105 cm³/mol. The zero-order chi connectivity index (χ0) is 19.5. The molecule has 1 N–H and O–H groups in total. The molecule has 0 radical (unpaired) electrons. The van der Waals surface area contributed by atoms with Crippen LogP contribution in [0.5, 0.6) is 5.75 Å². The van der Waals surface area contributed by atoms with Gasteiger partial charge in [0.25, 0.3) is 0 Å². The summed E-state index contributed by atoms with van der Waals surface area (Å²) in [4.78, 5) is 9.08. The van der Waals surface area contributed by atoms with Gasteiger partial charge in [-0.1, -0.05) is 11.2 Å². The second-order valence-electron chi connectivity index (χ2n) is 7.39. The molecule has 148 valence electrons. The lowest BCUT2D eigenvalue weighted by Crippen LogP contribution is -2.46. The molecule has 0 atom stereocenters. The average Bonchev–Trinajstić information content (AvgIpc) is 3.29. The van der Waals surface area contributed by atoms with E-state index >= 15 is 0 Å². The third-order valence-electron chi connectivity index (χ3n) is 4.82. The first-order valence-corrected chi connectivity index (χ1v) is 9.57. The molecule has 1 aromatic carbocycles. The second kappa shape index (κ2) is 8.02. The van der Waals surface area contributed by atoms with Gasteiger partial charge in [-0.15, -0.1) is 0 Å². The van der Waals surface area contributed by atoms with Gasteiger partial charge in [0.15, 0.2) is 12.4 Å². The molecule has 0 amide bonds. The lowest BCUT2D eigenvalue weighted by Gasteiger charge is -2.33. The number of aromatic amines is 1. The highest BCUT2D eigenvalue weighted by molar-refractivity contribution is 5.39. The van der Waals surface area contributed by atoms with Gasteiger partial charge in [0.1, 0.15) is 5.75 Å². The van der Waals surface area contributed by atoms with E-state index in [4.69, 9.17) is 9.26 Å². The summed E-state index contributed by atoms with van der Waals surface area (Å²) in [5, 5.41) is 11.4. The number of H-pyrrole nitrogens is 1. The van der Waals surface area contributed by atoms with Crippen LogP contribution in [0.3, 0.4) is 0 Å². The van der Waals surface area contributed by atoms with Crippen LogP contribution in [-0.2, 0) is 13.2 Å². The van der Waals surface area contributed by atoms with Crippen LogP contribution in [0.4, 0.5) is 5.82 Å². The van der Waals surface area contributed by atoms with Crippen LogP contribution in [0.1, 0.15) is 28.5 Å². The summed E-state index contributed by atoms with van der Waals surface area (Å²) in [5.74, 6) is 3.04. The molecule has 8 heteroatoms. The molecule has 8 nitrogen and oxygen atoms in total. The van der Waals surface area contributed by atoms with E-state index in [1.807, 2.05) is 19.1 Å². The van der Waals surface area contributed by atoms with E-state index < -0.39 is 0 Å². The number of anilines is 1. The van der Waals surface area contributed by atoms with Gasteiger partial charge in [0, 0.05) is 37.9 Å². The van der Waals surface area contributed by atoms with E-state index in [-0.39, 0.29) is 0 Å². The minimum atomic E-state index is 0.304. The zero-order valence-corrected chi connectivity index (χ0v) is 16.6. The number of nitrogens with one attached hydrogen (secondary N) is 1. The van der Waals surface area contributed by atoms with Crippen molar-refractivity contribution in [1.29, 1.82) is 0 Å². The van der Waals surface area contributed by atoms with E-state index in [0.717, 1.165) is 43.4 Å². The van der Waals surface area contributed by atoms with Crippen molar-refractivity contribution in [2.75, 3.05) is 31.1 Å². The minimum absolute atomic E-state index is 0.304. The quantitative estimate of drug-likeness (QED) is 0.701. The number of benzene rings is 1. The molecule has 1 fully saturated rings. The normalized spacial score (nSPS) is 15.2. The number of ether oxygens (including phenoxy) is 1. The van der Waals surface area contributed by atoms with Crippen LogP contribution in [0.15, 0.2) is 28.8 Å². The number of aromatic nitrogens is 4. The van der Waals surface area contributed by atoms with Crippen LogP contribution in [-0.4, -0.2) is 51.4 Å². The number of aryl methyl sites for hydroxylation is 3. The van der Waals surface area contributed by atoms with Crippen LogP contribution in [0.25, 0.3) is 0 Å². The standard InChI is InChI=1S/C20H26N6O2/c1-14-8-15(2)10-17(9-14)27-13-18-21-20(28-24-18)12-25-4-6-26(7-5-25)19-11-16(3)22-23-19/h8-11H,4-7,12-13H2,1-3H3,(H,22,23). The third kappa shape index (κ3) is 4.51. The Morgan fingerprint density at radius 2 is 1.79 bits per heavy atom. The van der Waals surface area contributed by atoms with Crippen molar-refractivity contribution in [2.45, 2.75) is 33.9 Å². The summed E-state index contributed by atoms with van der Waals surface area (Å²) < 4.78 is 11.2. The number of rotatable bonds is 6. The van der Waals surface area contributed by atoms with Gasteiger partial charge >= 0.3 is 0 Å². The molecule has 0 bridgehead atoms. The number of nitrogens with zero attached hydrogens (tertiary/aromatic N) is 5. The maximum atomic E-state index is 5.81. The van der Waals surface area contributed by atoms with Gasteiger partial charge in [-0.05, 0) is 44.0 Å². The van der Waals surface area contributed by atoms with E-state index in [1.54, 1.807) is 0 Å². The summed E-state index contributed by atoms with van der Waals surface area (Å²) in [5.41, 5.74) is 3.43. The summed E-state index contributed by atoms with van der Waals surface area (Å²) in [6.07, 6.45) is 0. The number of piperazine rings is 1. The van der Waals surface area contributed by atoms with E-state index in [0.29, 0.717) is 24.9 Å². The molecule has 1 aliphatic heterocycles. The molecule has 4 rings (SSSR count). The van der Waals surface area contributed by atoms with Crippen molar-refractivity contribution in [2.24, 2.45) is 0 Å². The molecule has 28 heavy (non-hydrogen) atoms. The Morgan fingerprint density at radius 3 is 2.46 bits per heavy atom. The molecule has 0 unspecified atom stereocenters. The Kier molecular flexibility index (Phi) is 5.29. The first kappa shape index (κ1) is 18.5. The molecular formula is C20H26N6O2. The molecule has 3 heterocycles. The van der Waals surface area contributed by atoms with Gasteiger partial charge in [-0.3, -0.25) is 10.00 Å². The summed E-state index contributed by atoms with van der Waals surface area (Å²) in [6.45, 7) is 10.8. The Labute approximate surface area is 164 Å². The maximum Gasteiger partial charge on any atom is 0.240 e. The van der Waals surface area contributed by atoms with Crippen LogP contribution < -0.4 is 9.64 Å². The van der Waals surface area contributed by atoms with E-state index in [1.165, 1.54) is 11.1 Å². The van der Waals surface area contributed by atoms with Gasteiger partial charge in [-0.25, -0.2) is 0 Å². The SMILES string of the molecule is Cc1cc(C)cc(OCc2noc(CN3CCN(c4cc(C)[nH]n4)CC3)n2)c1. The van der Waals surface area contributed by atoms with E-state index in [2.05, 4.69) is 56.1 Å². The molecule has 1 aliphatic rings. The lowest BCUT2D eigenvalue weighted by molar-refractivity contribution is 0.214. The molecule has 0 spiro atoms. The van der Waals surface area contributed by atoms with Crippen molar-refractivity contribution in [3.8, 4) is 5.75 Å². The molecule has 3 aromatic rings. The first-order valence-electron chi connectivity index (χ1n) is 9.57. The number of hydrogen-bond acceptors (Lipinski definition) is 7. The van der Waals surface area contributed by atoms with Gasteiger partial charge < -0.3 is 14.2 Å². The molecular weight excluding hydrogens is 356 g/mol. The fraction of sp³-hybridized carbons (Fsp3) is 0.450. The van der Waals surface area contributed by atoms with Crippen LogP contribution in [0, 0.1) is 20.8 Å². The smallest absolute Gasteiger partial charge is 0.240 e. The fourth-order valence-electron chi connectivity index (χ4n) is 3.47. The Morgan fingerprint density at radius 1 is 1.04 bits per heavy atom. The Balaban J connectivity index is 1.27. The highest BCUT2D eigenvalue weighted by Crippen LogP contribution is 2.18. The summed E-state index contributed by atoms with van der Waals surface area (Å²) in [6, 6.07) is 8.21. The predicted octanol–water partition coefficient (Wildman–Crippen LogP) is 2.62. The lowest BCUT2D eigenvalue weighted by atomic mass is 10.1. The third-order valence-corrected chi connectivity index (χ3v) is 4.82. The van der Waals surface area contributed by atoms with Crippen molar-refractivity contribution in [1.82, 2.24) is 25.2 Å². The van der Waals surface area contributed by atoms with Crippen molar-refractivity contribution in [3.05, 3.63) is 52.8 Å². The molecule has 0 aliphatic carbocycles.